The molecule has 2 aromatic rings. The van der Waals surface area contributed by atoms with Crippen LogP contribution in [0.4, 0.5) is 4.39 Å². The molecular weight excluding hydrogens is 199 g/mol. The van der Waals surface area contributed by atoms with Crippen molar-refractivity contribution in [3.8, 4) is 11.5 Å². The van der Waals surface area contributed by atoms with Crippen molar-refractivity contribution in [3.63, 3.8) is 0 Å². The molecule has 0 fully saturated rings. The molecule has 0 amide bonds. The third kappa shape index (κ3) is 1.41. The first-order valence-electron chi connectivity index (χ1n) is 4.64. The molecular formula is C10H12FN2O2+. The molecule has 0 saturated heterocycles. The lowest BCUT2D eigenvalue weighted by Gasteiger charge is -2.01. The van der Waals surface area contributed by atoms with Crippen LogP contribution >= 0.6 is 0 Å². The average molecular weight is 211 g/mol. The monoisotopic (exact) mass is 211 g/mol. The molecule has 0 saturated carbocycles. The van der Waals surface area contributed by atoms with Gasteiger partial charge in [-0.15, -0.1) is 0 Å². The molecule has 5 heteroatoms. The second-order valence-corrected chi connectivity index (χ2v) is 3.40. The molecule has 0 aliphatic heterocycles. The van der Waals surface area contributed by atoms with Crippen LogP contribution in [-0.2, 0) is 6.42 Å². The van der Waals surface area contributed by atoms with E-state index in [-0.39, 0.29) is 5.52 Å². The first-order valence-corrected chi connectivity index (χ1v) is 4.64. The number of phenolic OH excluding ortho intramolecular Hbond substituents is 2. The van der Waals surface area contributed by atoms with Gasteiger partial charge in [0.2, 0.25) is 0 Å². The Bertz CT molecular complexity index is 508. The standard InChI is InChI=1S/C10H11FN2O2/c11-8-9-6(3-7(14)10(8)15)5(1-2-12)4-13-9/h3-4,13-15H,1-2,12H2/p+1. The van der Waals surface area contributed by atoms with Gasteiger partial charge in [0, 0.05) is 18.0 Å². The lowest BCUT2D eigenvalue weighted by Crippen LogP contribution is -2.51. The Morgan fingerprint density at radius 3 is 2.80 bits per heavy atom. The summed E-state index contributed by atoms with van der Waals surface area (Å²) in [5.74, 6) is -1.98. The van der Waals surface area contributed by atoms with Crippen molar-refractivity contribution in [1.82, 2.24) is 4.98 Å². The summed E-state index contributed by atoms with van der Waals surface area (Å²) in [5, 5.41) is 19.1. The highest BCUT2D eigenvalue weighted by atomic mass is 19.1. The third-order valence-electron chi connectivity index (χ3n) is 2.40. The molecule has 1 heterocycles. The number of aromatic amines is 1. The van der Waals surface area contributed by atoms with Gasteiger partial charge in [-0.1, -0.05) is 0 Å². The van der Waals surface area contributed by atoms with Gasteiger partial charge in [0.25, 0.3) is 0 Å². The number of hydrogen-bond acceptors (Lipinski definition) is 2. The average Bonchev–Trinajstić information content (AvgIpc) is 2.59. The number of aromatic nitrogens is 1. The Labute approximate surface area is 85.1 Å². The molecule has 2 rings (SSSR count). The summed E-state index contributed by atoms with van der Waals surface area (Å²) in [4.78, 5) is 2.74. The molecule has 15 heavy (non-hydrogen) atoms. The maximum Gasteiger partial charge on any atom is 0.196 e. The lowest BCUT2D eigenvalue weighted by atomic mass is 10.1. The number of phenols is 2. The number of halogens is 1. The topological polar surface area (TPSA) is 83.9 Å². The molecule has 1 aromatic carbocycles. The summed E-state index contributed by atoms with van der Waals surface area (Å²) in [6.07, 6.45) is 2.36. The van der Waals surface area contributed by atoms with Crippen molar-refractivity contribution >= 4 is 10.9 Å². The van der Waals surface area contributed by atoms with E-state index in [9.17, 15) is 14.6 Å². The van der Waals surface area contributed by atoms with E-state index in [1.54, 1.807) is 6.20 Å². The molecule has 0 radical (unpaired) electrons. The number of nitrogens with one attached hydrogen (secondary N) is 1. The summed E-state index contributed by atoms with van der Waals surface area (Å²) < 4.78 is 13.5. The highest BCUT2D eigenvalue weighted by Crippen LogP contribution is 2.35. The minimum Gasteiger partial charge on any atom is -0.504 e. The molecule has 0 unspecified atom stereocenters. The molecule has 0 spiro atoms. The maximum atomic E-state index is 13.5. The Balaban J connectivity index is 2.71. The molecule has 6 N–H and O–H groups in total. The molecule has 80 valence electrons. The van der Waals surface area contributed by atoms with Gasteiger partial charge in [0.1, 0.15) is 0 Å². The Morgan fingerprint density at radius 2 is 2.13 bits per heavy atom. The van der Waals surface area contributed by atoms with Crippen molar-refractivity contribution < 1.29 is 20.3 Å². The van der Waals surface area contributed by atoms with Crippen LogP contribution in [0.1, 0.15) is 5.56 Å². The van der Waals surface area contributed by atoms with Gasteiger partial charge in [0.05, 0.1) is 12.1 Å². The number of aromatic hydroxyl groups is 2. The predicted octanol–water partition coefficient (Wildman–Crippen LogP) is 0.503. The zero-order valence-corrected chi connectivity index (χ0v) is 8.05. The van der Waals surface area contributed by atoms with Crippen LogP contribution in [-0.4, -0.2) is 21.7 Å². The molecule has 0 aliphatic rings. The number of benzene rings is 1. The Hall–Kier alpha value is -1.75. The van der Waals surface area contributed by atoms with Crippen molar-refractivity contribution in [2.24, 2.45) is 0 Å². The van der Waals surface area contributed by atoms with Gasteiger partial charge in [-0.2, -0.15) is 0 Å². The lowest BCUT2D eigenvalue weighted by molar-refractivity contribution is -0.366. The van der Waals surface area contributed by atoms with Crippen molar-refractivity contribution in [1.29, 1.82) is 0 Å². The van der Waals surface area contributed by atoms with E-state index in [2.05, 4.69) is 10.7 Å². The number of fused-ring (bicyclic) bond motifs is 1. The fraction of sp³-hybridized carbons (Fsp3) is 0.200. The zero-order valence-electron chi connectivity index (χ0n) is 8.05. The maximum absolute atomic E-state index is 13.5. The van der Waals surface area contributed by atoms with E-state index < -0.39 is 17.3 Å². The quantitative estimate of drug-likeness (QED) is 0.545. The van der Waals surface area contributed by atoms with E-state index in [4.69, 9.17) is 0 Å². The Kier molecular flexibility index (Phi) is 2.24. The number of H-pyrrole nitrogens is 1. The van der Waals surface area contributed by atoms with Crippen LogP contribution < -0.4 is 5.73 Å². The SMILES string of the molecule is [NH3+]CCc1c[nH]c2c(F)c(O)c(O)cc12. The fourth-order valence-electron chi connectivity index (χ4n) is 1.66. The van der Waals surface area contributed by atoms with Crippen LogP contribution in [0.5, 0.6) is 11.5 Å². The Morgan fingerprint density at radius 1 is 1.40 bits per heavy atom. The molecule has 1 aromatic heterocycles. The van der Waals surface area contributed by atoms with E-state index in [0.29, 0.717) is 18.4 Å². The van der Waals surface area contributed by atoms with Gasteiger partial charge in [0.15, 0.2) is 17.3 Å². The highest BCUT2D eigenvalue weighted by molar-refractivity contribution is 5.87. The first kappa shape index (κ1) is 9.79. The van der Waals surface area contributed by atoms with Crippen LogP contribution in [0.25, 0.3) is 10.9 Å². The number of hydrogen-bond donors (Lipinski definition) is 4. The van der Waals surface area contributed by atoms with E-state index in [1.165, 1.54) is 6.07 Å². The second kappa shape index (κ2) is 3.43. The number of rotatable bonds is 2. The first-order chi connectivity index (χ1) is 7.15. The van der Waals surface area contributed by atoms with Gasteiger partial charge < -0.3 is 20.9 Å². The minimum absolute atomic E-state index is 0.216. The molecule has 4 nitrogen and oxygen atoms in total. The molecule has 0 aliphatic carbocycles. The van der Waals surface area contributed by atoms with Gasteiger partial charge in [-0.25, -0.2) is 4.39 Å². The smallest absolute Gasteiger partial charge is 0.196 e. The van der Waals surface area contributed by atoms with E-state index in [1.807, 2.05) is 0 Å². The zero-order chi connectivity index (χ0) is 11.0. The van der Waals surface area contributed by atoms with E-state index in [0.717, 1.165) is 5.56 Å². The van der Waals surface area contributed by atoms with Crippen LogP contribution in [0.2, 0.25) is 0 Å². The van der Waals surface area contributed by atoms with E-state index >= 15 is 0 Å². The van der Waals surface area contributed by atoms with Gasteiger partial charge in [-0.05, 0) is 11.6 Å². The van der Waals surface area contributed by atoms with Gasteiger partial charge >= 0.3 is 0 Å². The van der Waals surface area contributed by atoms with Crippen LogP contribution in [0.3, 0.4) is 0 Å². The van der Waals surface area contributed by atoms with Crippen molar-refractivity contribution in [3.05, 3.63) is 23.6 Å². The summed E-state index contributed by atoms with van der Waals surface area (Å²) in [5.41, 5.74) is 4.81. The summed E-state index contributed by atoms with van der Waals surface area (Å²) in [7, 11) is 0. The molecule has 0 atom stereocenters. The van der Waals surface area contributed by atoms with Crippen LogP contribution in [0, 0.1) is 5.82 Å². The minimum atomic E-state index is -0.819. The molecule has 0 bridgehead atoms. The fourth-order valence-corrected chi connectivity index (χ4v) is 1.66. The normalized spacial score (nSPS) is 11.1. The van der Waals surface area contributed by atoms with Crippen LogP contribution in [0.15, 0.2) is 12.3 Å². The van der Waals surface area contributed by atoms with Gasteiger partial charge in [-0.3, -0.25) is 0 Å². The summed E-state index contributed by atoms with van der Waals surface area (Å²) in [6, 6.07) is 1.36. The van der Waals surface area contributed by atoms with Crippen molar-refractivity contribution in [2.75, 3.05) is 6.54 Å². The summed E-state index contributed by atoms with van der Waals surface area (Å²) >= 11 is 0. The van der Waals surface area contributed by atoms with Crippen molar-refractivity contribution in [2.45, 2.75) is 6.42 Å². The second-order valence-electron chi connectivity index (χ2n) is 3.40. The highest BCUT2D eigenvalue weighted by Gasteiger charge is 2.15. The predicted molar refractivity (Wildman–Crippen MR) is 53.0 cm³/mol. The largest absolute Gasteiger partial charge is 0.504 e. The summed E-state index contributed by atoms with van der Waals surface area (Å²) in [6.45, 7) is 0.691. The number of quaternary nitrogens is 1. The third-order valence-corrected chi connectivity index (χ3v) is 2.40.